The number of pyridine rings is 1. The fourth-order valence-electron chi connectivity index (χ4n) is 3.79. The molecule has 36 heavy (non-hydrogen) atoms. The van der Waals surface area contributed by atoms with Crippen LogP contribution in [0.4, 0.5) is 10.6 Å². The largest absolute Gasteiger partial charge is 0.473 e. The number of hydrogen-bond acceptors (Lipinski definition) is 8. The predicted molar refractivity (Wildman–Crippen MR) is 131 cm³/mol. The first kappa shape index (κ1) is 24.7. The second-order valence-electron chi connectivity index (χ2n) is 9.51. The van der Waals surface area contributed by atoms with E-state index in [-0.39, 0.29) is 18.5 Å². The number of amides is 1. The second kappa shape index (κ2) is 9.70. The van der Waals surface area contributed by atoms with E-state index in [1.54, 1.807) is 63.4 Å². The van der Waals surface area contributed by atoms with Crippen LogP contribution in [0.25, 0.3) is 0 Å². The fraction of sp³-hybridized carbons (Fsp3) is 0.346. The molecule has 0 bridgehead atoms. The summed E-state index contributed by atoms with van der Waals surface area (Å²) in [5, 5.41) is 9.60. The number of nitriles is 1. The maximum absolute atomic E-state index is 12.8. The summed E-state index contributed by atoms with van der Waals surface area (Å²) < 4.78 is 18.5. The molecule has 10 heteroatoms. The number of rotatable bonds is 5. The van der Waals surface area contributed by atoms with E-state index in [4.69, 9.17) is 14.2 Å². The first-order chi connectivity index (χ1) is 17.0. The van der Waals surface area contributed by atoms with Gasteiger partial charge in [-0.25, -0.2) is 9.59 Å². The Morgan fingerprint density at radius 1 is 1.22 bits per heavy atom. The highest BCUT2D eigenvalue weighted by Gasteiger charge is 2.35. The zero-order valence-electron chi connectivity index (χ0n) is 20.8. The normalized spacial score (nSPS) is 14.7. The number of aromatic nitrogens is 3. The molecular weight excluding hydrogens is 462 g/mol. The van der Waals surface area contributed by atoms with Crippen LogP contribution in [-0.4, -0.2) is 32.3 Å². The highest BCUT2D eigenvalue weighted by atomic mass is 16.6. The summed E-state index contributed by atoms with van der Waals surface area (Å²) in [6.45, 7) is 9.39. The lowest BCUT2D eigenvalue weighted by molar-refractivity contribution is 0.0572. The van der Waals surface area contributed by atoms with E-state index in [9.17, 15) is 14.9 Å². The molecule has 186 valence electrons. The molecule has 0 radical (unpaired) electrons. The van der Waals surface area contributed by atoms with Crippen LogP contribution < -0.4 is 20.1 Å². The maximum atomic E-state index is 12.8. The molecular formula is C26H27N5O5. The molecule has 3 heterocycles. The molecule has 0 N–H and O–H groups in total. The smallest absolute Gasteiger partial charge is 0.416 e. The molecule has 0 aliphatic carbocycles. The van der Waals surface area contributed by atoms with Crippen molar-refractivity contribution >= 4 is 11.9 Å². The molecule has 0 spiro atoms. The maximum Gasteiger partial charge on any atom is 0.416 e. The average molecular weight is 490 g/mol. The Balaban J connectivity index is 1.52. The molecule has 1 atom stereocenters. The Morgan fingerprint density at radius 3 is 2.69 bits per heavy atom. The molecule has 0 saturated carbocycles. The predicted octanol–water partition coefficient (Wildman–Crippen LogP) is 4.33. The van der Waals surface area contributed by atoms with Gasteiger partial charge in [0.25, 0.3) is 0 Å². The van der Waals surface area contributed by atoms with Gasteiger partial charge >= 0.3 is 11.8 Å². The van der Waals surface area contributed by atoms with Gasteiger partial charge in [-0.1, -0.05) is 6.07 Å². The van der Waals surface area contributed by atoms with Gasteiger partial charge in [0.05, 0.1) is 11.6 Å². The minimum atomic E-state index is -0.679. The van der Waals surface area contributed by atoms with Gasteiger partial charge in [-0.15, -0.1) is 0 Å². The Hall–Kier alpha value is -4.39. The third-order valence-corrected chi connectivity index (χ3v) is 5.34. The van der Waals surface area contributed by atoms with Crippen LogP contribution in [0, 0.1) is 18.3 Å². The van der Waals surface area contributed by atoms with E-state index < -0.39 is 17.4 Å². The number of hydrogen-bond donors (Lipinski definition) is 0. The quantitative estimate of drug-likeness (QED) is 0.519. The molecule has 2 aromatic heterocycles. The topological polar surface area (TPSA) is 120 Å². The summed E-state index contributed by atoms with van der Waals surface area (Å²) in [4.78, 5) is 34.9. The van der Waals surface area contributed by atoms with Crippen molar-refractivity contribution < 1.29 is 19.0 Å². The molecule has 1 aliphatic rings. The van der Waals surface area contributed by atoms with E-state index in [0.29, 0.717) is 35.0 Å². The minimum absolute atomic E-state index is 0.0568. The van der Waals surface area contributed by atoms with Gasteiger partial charge in [0, 0.05) is 30.6 Å². The van der Waals surface area contributed by atoms with Gasteiger partial charge in [-0.2, -0.15) is 10.2 Å². The van der Waals surface area contributed by atoms with Crippen molar-refractivity contribution in [2.45, 2.75) is 59.4 Å². The number of fused-ring (bicyclic) bond motifs is 1. The first-order valence-electron chi connectivity index (χ1n) is 11.4. The van der Waals surface area contributed by atoms with Crippen LogP contribution in [0.2, 0.25) is 0 Å². The fourth-order valence-corrected chi connectivity index (χ4v) is 3.79. The zero-order valence-corrected chi connectivity index (χ0v) is 20.8. The molecule has 3 aromatic rings. The van der Waals surface area contributed by atoms with Crippen molar-refractivity contribution in [2.24, 2.45) is 0 Å². The van der Waals surface area contributed by atoms with Crippen molar-refractivity contribution in [3.8, 4) is 23.4 Å². The molecule has 0 fully saturated rings. The number of nitrogens with zero attached hydrogens (tertiary/aromatic N) is 5. The van der Waals surface area contributed by atoms with Crippen molar-refractivity contribution in [1.82, 2.24) is 14.5 Å². The Bertz CT molecular complexity index is 1400. The molecule has 10 nitrogen and oxygen atoms in total. The third kappa shape index (κ3) is 5.46. The summed E-state index contributed by atoms with van der Waals surface area (Å²) >= 11 is 0. The number of ether oxygens (including phenoxy) is 3. The summed E-state index contributed by atoms with van der Waals surface area (Å²) in [7, 11) is 0. The van der Waals surface area contributed by atoms with Crippen LogP contribution in [0.1, 0.15) is 44.5 Å². The molecule has 1 aliphatic heterocycles. The molecule has 0 saturated heterocycles. The molecule has 1 amide bonds. The minimum Gasteiger partial charge on any atom is -0.473 e. The number of aryl methyl sites for hydroxylation is 1. The number of benzene rings is 1. The summed E-state index contributed by atoms with van der Waals surface area (Å²) in [6, 6.07) is 12.0. The van der Waals surface area contributed by atoms with Gasteiger partial charge in [0.2, 0.25) is 5.88 Å². The van der Waals surface area contributed by atoms with Crippen LogP contribution in [0.15, 0.2) is 47.4 Å². The summed E-state index contributed by atoms with van der Waals surface area (Å²) in [5.74, 6) is 1.41. The highest BCUT2D eigenvalue weighted by Crippen LogP contribution is 2.29. The lowest BCUT2D eigenvalue weighted by Gasteiger charge is -2.26. The Labute approximate surface area is 208 Å². The van der Waals surface area contributed by atoms with E-state index in [2.05, 4.69) is 16.0 Å². The van der Waals surface area contributed by atoms with Crippen molar-refractivity contribution in [1.29, 1.82) is 5.26 Å². The van der Waals surface area contributed by atoms with Crippen molar-refractivity contribution in [3.63, 3.8) is 0 Å². The van der Waals surface area contributed by atoms with Crippen LogP contribution >= 0.6 is 0 Å². The Morgan fingerprint density at radius 2 is 2.00 bits per heavy atom. The van der Waals surface area contributed by atoms with Crippen LogP contribution in [0.3, 0.4) is 0 Å². The third-order valence-electron chi connectivity index (χ3n) is 5.34. The van der Waals surface area contributed by atoms with E-state index in [1.807, 2.05) is 13.8 Å². The van der Waals surface area contributed by atoms with Crippen LogP contribution in [0.5, 0.6) is 17.4 Å². The number of carbonyl (C=O) groups is 1. The number of carbonyl (C=O) groups excluding carboxylic acids is 1. The standard InChI is InChI=1S/C26H27N5O5/c1-16-10-20(8-9-28-16)35-21-7-6-18(11-19(21)13-27)15-34-22-12-23-30(24(32)29-22)14-17(2)31(23)25(33)36-26(3,4)5/h6-12,17H,14-15H2,1-5H3/t17-/m1/s1. The lowest BCUT2D eigenvalue weighted by Crippen LogP contribution is -2.40. The first-order valence-corrected chi connectivity index (χ1v) is 11.4. The van der Waals surface area contributed by atoms with Crippen LogP contribution in [-0.2, 0) is 17.9 Å². The lowest BCUT2D eigenvalue weighted by atomic mass is 10.1. The van der Waals surface area contributed by atoms with E-state index >= 15 is 0 Å². The van der Waals surface area contributed by atoms with Crippen molar-refractivity contribution in [2.75, 3.05) is 4.90 Å². The van der Waals surface area contributed by atoms with Gasteiger partial charge in [-0.05, 0) is 58.4 Å². The second-order valence-corrected chi connectivity index (χ2v) is 9.51. The summed E-state index contributed by atoms with van der Waals surface area (Å²) in [5.41, 5.74) is 0.617. The van der Waals surface area contributed by atoms with E-state index in [1.165, 1.54) is 9.47 Å². The van der Waals surface area contributed by atoms with Gasteiger partial charge in [0.15, 0.2) is 0 Å². The molecule has 4 rings (SSSR count). The van der Waals surface area contributed by atoms with Gasteiger partial charge in [-0.3, -0.25) is 14.5 Å². The zero-order chi connectivity index (χ0) is 26.0. The number of anilines is 1. The van der Waals surface area contributed by atoms with Crippen molar-refractivity contribution in [3.05, 3.63) is 69.9 Å². The molecule has 0 unspecified atom stereocenters. The SMILES string of the molecule is Cc1cc(Oc2ccc(COc3cc4n(c(=O)n3)C[C@@H](C)N4C(=O)OC(C)(C)C)cc2C#N)ccn1. The average Bonchev–Trinajstić information content (AvgIpc) is 3.14. The van der Waals surface area contributed by atoms with Gasteiger partial charge < -0.3 is 14.2 Å². The molecule has 1 aromatic carbocycles. The van der Waals surface area contributed by atoms with Gasteiger partial charge in [0.1, 0.15) is 35.6 Å². The Kier molecular flexibility index (Phi) is 6.66. The monoisotopic (exact) mass is 489 g/mol. The summed E-state index contributed by atoms with van der Waals surface area (Å²) in [6.07, 6.45) is 1.09. The van der Waals surface area contributed by atoms with E-state index in [0.717, 1.165) is 5.69 Å². The highest BCUT2D eigenvalue weighted by molar-refractivity contribution is 5.88.